The number of pyridine rings is 1. The summed E-state index contributed by atoms with van der Waals surface area (Å²) in [7, 11) is 0. The molecule has 0 bridgehead atoms. The highest BCUT2D eigenvalue weighted by Gasteiger charge is 2.35. The van der Waals surface area contributed by atoms with E-state index < -0.39 is 17.9 Å². The third-order valence-electron chi connectivity index (χ3n) is 2.31. The average Bonchev–Trinajstić information content (AvgIpc) is 2.46. The minimum atomic E-state index is -0.454. The lowest BCUT2D eigenvalue weighted by Crippen LogP contribution is -2.07. The first kappa shape index (κ1) is 8.87. The maximum absolute atomic E-state index is 11.3. The molecule has 1 unspecified atom stereocenters. The summed E-state index contributed by atoms with van der Waals surface area (Å²) >= 11 is 0. The Morgan fingerprint density at radius 2 is 2.29 bits per heavy atom. The van der Waals surface area contributed by atoms with Crippen LogP contribution in [0.5, 0.6) is 0 Å². The molecule has 14 heavy (non-hydrogen) atoms. The molecule has 0 amide bonds. The summed E-state index contributed by atoms with van der Waals surface area (Å²) in [5, 5.41) is 0. The molecule has 1 saturated heterocycles. The second-order valence-corrected chi connectivity index (χ2v) is 3.28. The smallest absolute Gasteiger partial charge is 0.321 e. The lowest BCUT2D eigenvalue weighted by Gasteiger charge is -2.07. The van der Waals surface area contributed by atoms with Crippen LogP contribution in [0.3, 0.4) is 0 Å². The van der Waals surface area contributed by atoms with Gasteiger partial charge >= 0.3 is 11.9 Å². The predicted octanol–water partition coefficient (Wildman–Crippen LogP) is 0.947. The highest BCUT2D eigenvalue weighted by Crippen LogP contribution is 2.28. The van der Waals surface area contributed by atoms with Gasteiger partial charge in [-0.05, 0) is 24.1 Å². The van der Waals surface area contributed by atoms with E-state index in [0.29, 0.717) is 0 Å². The summed E-state index contributed by atoms with van der Waals surface area (Å²) in [5.74, 6) is -1.34. The number of aryl methyl sites for hydroxylation is 1. The summed E-state index contributed by atoms with van der Waals surface area (Å²) in [4.78, 5) is 26.1. The molecule has 0 radical (unpaired) electrons. The van der Waals surface area contributed by atoms with Crippen LogP contribution in [0.25, 0.3) is 0 Å². The zero-order valence-electron chi connectivity index (χ0n) is 7.69. The van der Waals surface area contributed by atoms with Crippen LogP contribution in [0.15, 0.2) is 18.5 Å². The molecule has 1 aliphatic heterocycles. The van der Waals surface area contributed by atoms with Gasteiger partial charge in [0.15, 0.2) is 0 Å². The van der Waals surface area contributed by atoms with Gasteiger partial charge in [-0.1, -0.05) is 0 Å². The van der Waals surface area contributed by atoms with Crippen LogP contribution in [0.2, 0.25) is 0 Å². The minimum absolute atomic E-state index is 0.143. The van der Waals surface area contributed by atoms with Crippen molar-refractivity contribution < 1.29 is 14.3 Å². The maximum Gasteiger partial charge on any atom is 0.321 e. The normalized spacial score (nSPS) is 21.1. The molecule has 0 aliphatic carbocycles. The van der Waals surface area contributed by atoms with E-state index in [9.17, 15) is 9.59 Å². The summed E-state index contributed by atoms with van der Waals surface area (Å²) in [6.07, 6.45) is 3.42. The molecule has 0 saturated carbocycles. The van der Waals surface area contributed by atoms with Gasteiger partial charge < -0.3 is 4.74 Å². The van der Waals surface area contributed by atoms with E-state index in [-0.39, 0.29) is 6.42 Å². The van der Waals surface area contributed by atoms with E-state index >= 15 is 0 Å². The van der Waals surface area contributed by atoms with E-state index in [1.807, 2.05) is 6.92 Å². The molecule has 1 atom stereocenters. The Balaban J connectivity index is 2.36. The van der Waals surface area contributed by atoms with E-state index in [1.54, 1.807) is 18.5 Å². The van der Waals surface area contributed by atoms with Gasteiger partial charge in [-0.3, -0.25) is 14.6 Å². The number of carbonyl (C=O) groups is 2. The van der Waals surface area contributed by atoms with Crippen LogP contribution in [0.1, 0.15) is 23.5 Å². The van der Waals surface area contributed by atoms with Crippen LogP contribution in [0, 0.1) is 6.92 Å². The van der Waals surface area contributed by atoms with Crippen molar-refractivity contribution >= 4 is 11.9 Å². The molecule has 0 spiro atoms. The molecule has 4 nitrogen and oxygen atoms in total. The van der Waals surface area contributed by atoms with E-state index in [4.69, 9.17) is 0 Å². The standard InChI is InChI=1S/C10H9NO3/c1-6-5-11-3-2-7(6)8-4-9(12)14-10(8)13/h2-3,5,8H,4H2,1H3. The quantitative estimate of drug-likeness (QED) is 0.489. The minimum Gasteiger partial charge on any atom is -0.393 e. The average molecular weight is 191 g/mol. The first-order valence-electron chi connectivity index (χ1n) is 4.33. The molecule has 1 fully saturated rings. The van der Waals surface area contributed by atoms with Crippen LogP contribution < -0.4 is 0 Å². The Morgan fingerprint density at radius 3 is 2.86 bits per heavy atom. The predicted molar refractivity (Wildman–Crippen MR) is 47.4 cm³/mol. The van der Waals surface area contributed by atoms with Crippen molar-refractivity contribution in [2.75, 3.05) is 0 Å². The summed E-state index contributed by atoms with van der Waals surface area (Å²) in [6.45, 7) is 1.86. The third-order valence-corrected chi connectivity index (χ3v) is 2.31. The molecule has 1 aliphatic rings. The zero-order valence-corrected chi connectivity index (χ0v) is 7.69. The number of nitrogens with zero attached hydrogens (tertiary/aromatic N) is 1. The van der Waals surface area contributed by atoms with E-state index in [2.05, 4.69) is 9.72 Å². The van der Waals surface area contributed by atoms with Gasteiger partial charge in [0.25, 0.3) is 0 Å². The zero-order chi connectivity index (χ0) is 10.1. The van der Waals surface area contributed by atoms with Crippen molar-refractivity contribution in [3.63, 3.8) is 0 Å². The van der Waals surface area contributed by atoms with Gasteiger partial charge in [0.1, 0.15) is 0 Å². The molecular formula is C10H9NO3. The summed E-state index contributed by atoms with van der Waals surface area (Å²) < 4.78 is 4.48. The molecule has 2 heterocycles. The fraction of sp³-hybridized carbons (Fsp3) is 0.300. The van der Waals surface area contributed by atoms with Crippen LogP contribution >= 0.6 is 0 Å². The number of cyclic esters (lactones) is 2. The Kier molecular flexibility index (Phi) is 2.04. The number of carbonyl (C=O) groups excluding carboxylic acids is 2. The maximum atomic E-state index is 11.3. The lowest BCUT2D eigenvalue weighted by atomic mass is 9.95. The summed E-state index contributed by atoms with van der Waals surface area (Å²) in [5.41, 5.74) is 1.74. The molecule has 2 rings (SSSR count). The van der Waals surface area contributed by atoms with Gasteiger partial charge in [-0.25, -0.2) is 0 Å². The SMILES string of the molecule is Cc1cnccc1C1CC(=O)OC1=O. The van der Waals surface area contributed by atoms with E-state index in [1.165, 1.54) is 0 Å². The van der Waals surface area contributed by atoms with Gasteiger partial charge in [0.05, 0.1) is 12.3 Å². The van der Waals surface area contributed by atoms with Crippen molar-refractivity contribution in [1.29, 1.82) is 0 Å². The Morgan fingerprint density at radius 1 is 1.50 bits per heavy atom. The first-order chi connectivity index (χ1) is 6.68. The number of hydrogen-bond donors (Lipinski definition) is 0. The van der Waals surface area contributed by atoms with E-state index in [0.717, 1.165) is 11.1 Å². The number of hydrogen-bond acceptors (Lipinski definition) is 4. The molecule has 0 aromatic carbocycles. The lowest BCUT2D eigenvalue weighted by molar-refractivity contribution is -0.152. The third kappa shape index (κ3) is 1.39. The Labute approximate surface area is 80.9 Å². The molecule has 72 valence electrons. The molecule has 0 N–H and O–H groups in total. The van der Waals surface area contributed by atoms with Gasteiger partial charge in [-0.2, -0.15) is 0 Å². The molecular weight excluding hydrogens is 182 g/mol. The monoisotopic (exact) mass is 191 g/mol. The Hall–Kier alpha value is -1.71. The molecule has 1 aromatic rings. The number of esters is 2. The van der Waals surface area contributed by atoms with Crippen molar-refractivity contribution in [2.24, 2.45) is 0 Å². The Bertz CT molecular complexity index is 400. The first-order valence-corrected chi connectivity index (χ1v) is 4.33. The van der Waals surface area contributed by atoms with Gasteiger partial charge in [-0.15, -0.1) is 0 Å². The summed E-state index contributed by atoms with van der Waals surface area (Å²) in [6, 6.07) is 1.75. The van der Waals surface area contributed by atoms with Gasteiger partial charge in [0.2, 0.25) is 0 Å². The molecule has 4 heteroatoms. The fourth-order valence-corrected chi connectivity index (χ4v) is 1.59. The number of aromatic nitrogens is 1. The fourth-order valence-electron chi connectivity index (χ4n) is 1.59. The van der Waals surface area contributed by atoms with Crippen LogP contribution in [0.4, 0.5) is 0 Å². The molecule has 1 aromatic heterocycles. The second-order valence-electron chi connectivity index (χ2n) is 3.28. The van der Waals surface area contributed by atoms with Gasteiger partial charge in [0, 0.05) is 12.4 Å². The van der Waals surface area contributed by atoms with Crippen molar-refractivity contribution in [3.05, 3.63) is 29.6 Å². The van der Waals surface area contributed by atoms with Crippen LogP contribution in [-0.2, 0) is 14.3 Å². The van der Waals surface area contributed by atoms with Crippen molar-refractivity contribution in [2.45, 2.75) is 19.3 Å². The second kappa shape index (κ2) is 3.21. The van der Waals surface area contributed by atoms with Crippen molar-refractivity contribution in [1.82, 2.24) is 4.98 Å². The number of rotatable bonds is 1. The highest BCUT2D eigenvalue weighted by molar-refractivity contribution is 5.98. The van der Waals surface area contributed by atoms with Crippen molar-refractivity contribution in [3.8, 4) is 0 Å². The highest BCUT2D eigenvalue weighted by atomic mass is 16.6. The largest absolute Gasteiger partial charge is 0.393 e. The number of ether oxygens (including phenoxy) is 1. The van der Waals surface area contributed by atoms with Crippen LogP contribution in [-0.4, -0.2) is 16.9 Å². The topological polar surface area (TPSA) is 56.3 Å².